The molecule has 1 heterocycles. The van der Waals surface area contributed by atoms with Crippen molar-refractivity contribution in [2.24, 2.45) is 0 Å². The Bertz CT molecular complexity index is 532. The smallest absolute Gasteiger partial charge is 0.358 e. The lowest BCUT2D eigenvalue weighted by Gasteiger charge is -1.98. The lowest BCUT2D eigenvalue weighted by molar-refractivity contribution is 0.0519. The molecule has 2 rings (SSSR count). The fourth-order valence-corrected chi connectivity index (χ4v) is 1.79. The first kappa shape index (κ1) is 12.4. The Morgan fingerprint density at radius 2 is 2.06 bits per heavy atom. The molecule has 0 fully saturated rings. The van der Waals surface area contributed by atoms with Gasteiger partial charge in [-0.2, -0.15) is 0 Å². The van der Waals surface area contributed by atoms with Crippen LogP contribution in [0.15, 0.2) is 30.3 Å². The second kappa shape index (κ2) is 5.49. The van der Waals surface area contributed by atoms with Crippen LogP contribution in [0.1, 0.15) is 34.5 Å². The molecule has 0 radical (unpaired) electrons. The van der Waals surface area contributed by atoms with Crippen molar-refractivity contribution in [3.05, 3.63) is 53.1 Å². The molecule has 4 heteroatoms. The second-order valence-corrected chi connectivity index (χ2v) is 4.04. The Hall–Kier alpha value is -2.10. The summed E-state index contributed by atoms with van der Waals surface area (Å²) < 4.78 is 4.95. The monoisotopic (exact) mass is 244 g/mol. The highest BCUT2D eigenvalue weighted by molar-refractivity contribution is 5.88. The molecule has 0 aliphatic rings. The molecule has 2 aromatic rings. The predicted octanol–water partition coefficient (Wildman–Crippen LogP) is 2.49. The van der Waals surface area contributed by atoms with Crippen molar-refractivity contribution in [2.75, 3.05) is 6.61 Å². The van der Waals surface area contributed by atoms with Gasteiger partial charge in [0.2, 0.25) is 0 Å². The molecule has 1 aromatic carbocycles. The van der Waals surface area contributed by atoms with Gasteiger partial charge in [-0.05, 0) is 19.4 Å². The van der Waals surface area contributed by atoms with E-state index in [9.17, 15) is 4.79 Å². The first-order chi connectivity index (χ1) is 8.70. The second-order valence-electron chi connectivity index (χ2n) is 4.04. The minimum Gasteiger partial charge on any atom is -0.461 e. The molecule has 94 valence electrons. The van der Waals surface area contributed by atoms with Crippen molar-refractivity contribution >= 4 is 5.97 Å². The van der Waals surface area contributed by atoms with E-state index in [-0.39, 0.29) is 5.97 Å². The van der Waals surface area contributed by atoms with Crippen molar-refractivity contribution in [3.8, 4) is 0 Å². The average Bonchev–Trinajstić information content (AvgIpc) is 2.72. The molecule has 0 bridgehead atoms. The molecule has 0 saturated heterocycles. The number of imidazole rings is 1. The van der Waals surface area contributed by atoms with E-state index in [1.807, 2.05) is 37.3 Å². The van der Waals surface area contributed by atoms with Crippen LogP contribution in [0.4, 0.5) is 0 Å². The van der Waals surface area contributed by atoms with Crippen LogP contribution in [-0.4, -0.2) is 22.5 Å². The number of ether oxygens (including phenoxy) is 1. The molecule has 0 aliphatic carbocycles. The van der Waals surface area contributed by atoms with Crippen molar-refractivity contribution in [1.82, 2.24) is 9.97 Å². The van der Waals surface area contributed by atoms with E-state index < -0.39 is 0 Å². The molecule has 0 unspecified atom stereocenters. The number of rotatable bonds is 4. The van der Waals surface area contributed by atoms with Gasteiger partial charge >= 0.3 is 5.97 Å². The number of nitrogens with one attached hydrogen (secondary N) is 1. The minimum atomic E-state index is -0.370. The van der Waals surface area contributed by atoms with Crippen molar-refractivity contribution < 1.29 is 9.53 Å². The van der Waals surface area contributed by atoms with E-state index >= 15 is 0 Å². The molecule has 4 nitrogen and oxygen atoms in total. The third-order valence-corrected chi connectivity index (χ3v) is 2.62. The maximum absolute atomic E-state index is 11.6. The van der Waals surface area contributed by atoms with E-state index in [0.29, 0.717) is 18.7 Å². The number of aromatic amines is 1. The summed E-state index contributed by atoms with van der Waals surface area (Å²) in [6.45, 7) is 3.97. The normalized spacial score (nSPS) is 10.3. The summed E-state index contributed by atoms with van der Waals surface area (Å²) in [5.41, 5.74) is 2.28. The lowest BCUT2D eigenvalue weighted by atomic mass is 10.1. The molecule has 0 atom stereocenters. The molecule has 0 amide bonds. The Kier molecular flexibility index (Phi) is 3.77. The first-order valence-corrected chi connectivity index (χ1v) is 5.97. The summed E-state index contributed by atoms with van der Waals surface area (Å²) in [4.78, 5) is 19.0. The molecular weight excluding hydrogens is 228 g/mol. The number of hydrogen-bond acceptors (Lipinski definition) is 3. The molecule has 0 saturated carbocycles. The third-order valence-electron chi connectivity index (χ3n) is 2.62. The van der Waals surface area contributed by atoms with E-state index in [2.05, 4.69) is 9.97 Å². The standard InChI is InChI=1S/C14H16N2O2/c1-3-18-14(17)13-10(2)15-12(16-13)9-11-7-5-4-6-8-11/h4-8H,3,9H2,1-2H3,(H,15,16). The molecule has 1 N–H and O–H groups in total. The van der Waals surface area contributed by atoms with Gasteiger partial charge in [0.15, 0.2) is 5.69 Å². The van der Waals surface area contributed by atoms with Crippen LogP contribution >= 0.6 is 0 Å². The summed E-state index contributed by atoms with van der Waals surface area (Å²) in [7, 11) is 0. The zero-order valence-corrected chi connectivity index (χ0v) is 10.6. The number of aryl methyl sites for hydroxylation is 1. The van der Waals surface area contributed by atoms with E-state index in [4.69, 9.17) is 4.74 Å². The molecular formula is C14H16N2O2. The van der Waals surface area contributed by atoms with Crippen LogP contribution in [0.25, 0.3) is 0 Å². The zero-order chi connectivity index (χ0) is 13.0. The lowest BCUT2D eigenvalue weighted by Crippen LogP contribution is -2.06. The van der Waals surface area contributed by atoms with Crippen molar-refractivity contribution in [2.45, 2.75) is 20.3 Å². The highest BCUT2D eigenvalue weighted by Crippen LogP contribution is 2.11. The topological polar surface area (TPSA) is 55.0 Å². The number of carbonyl (C=O) groups is 1. The van der Waals surface area contributed by atoms with Gasteiger partial charge in [-0.1, -0.05) is 30.3 Å². The Morgan fingerprint density at radius 3 is 2.72 bits per heavy atom. The Morgan fingerprint density at radius 1 is 1.33 bits per heavy atom. The van der Waals surface area contributed by atoms with E-state index in [1.165, 1.54) is 0 Å². The van der Waals surface area contributed by atoms with Gasteiger partial charge in [0.25, 0.3) is 0 Å². The fourth-order valence-electron chi connectivity index (χ4n) is 1.79. The Labute approximate surface area is 106 Å². The minimum absolute atomic E-state index is 0.360. The number of H-pyrrole nitrogens is 1. The van der Waals surface area contributed by atoms with Crippen LogP contribution < -0.4 is 0 Å². The summed E-state index contributed by atoms with van der Waals surface area (Å²) >= 11 is 0. The number of carbonyl (C=O) groups excluding carboxylic acids is 1. The molecule has 0 spiro atoms. The summed E-state index contributed by atoms with van der Waals surface area (Å²) in [6, 6.07) is 10.00. The number of hydrogen-bond donors (Lipinski definition) is 1. The van der Waals surface area contributed by atoms with Gasteiger partial charge in [-0.3, -0.25) is 0 Å². The summed E-state index contributed by atoms with van der Waals surface area (Å²) in [6.07, 6.45) is 0.682. The van der Waals surface area contributed by atoms with Gasteiger partial charge in [0.05, 0.1) is 6.61 Å². The number of aromatic nitrogens is 2. The number of nitrogens with zero attached hydrogens (tertiary/aromatic N) is 1. The van der Waals surface area contributed by atoms with Crippen molar-refractivity contribution in [3.63, 3.8) is 0 Å². The first-order valence-electron chi connectivity index (χ1n) is 5.97. The molecule has 18 heavy (non-hydrogen) atoms. The maximum Gasteiger partial charge on any atom is 0.358 e. The third kappa shape index (κ3) is 2.77. The van der Waals surface area contributed by atoms with Gasteiger partial charge in [0.1, 0.15) is 5.82 Å². The van der Waals surface area contributed by atoms with Crippen molar-refractivity contribution in [1.29, 1.82) is 0 Å². The van der Waals surface area contributed by atoms with Crippen LogP contribution in [0, 0.1) is 6.92 Å². The largest absolute Gasteiger partial charge is 0.461 e. The fraction of sp³-hybridized carbons (Fsp3) is 0.286. The zero-order valence-electron chi connectivity index (χ0n) is 10.6. The maximum atomic E-state index is 11.6. The van der Waals surface area contributed by atoms with E-state index in [1.54, 1.807) is 6.92 Å². The average molecular weight is 244 g/mol. The SMILES string of the molecule is CCOC(=O)c1nc(Cc2ccccc2)[nH]c1C. The van der Waals surface area contributed by atoms with E-state index in [0.717, 1.165) is 17.1 Å². The molecule has 0 aliphatic heterocycles. The van der Waals surface area contributed by atoms with Gasteiger partial charge < -0.3 is 9.72 Å². The predicted molar refractivity (Wildman–Crippen MR) is 68.5 cm³/mol. The molecule has 1 aromatic heterocycles. The van der Waals surface area contributed by atoms with Gasteiger partial charge in [-0.15, -0.1) is 0 Å². The van der Waals surface area contributed by atoms with Crippen LogP contribution in [0.2, 0.25) is 0 Å². The number of benzene rings is 1. The van der Waals surface area contributed by atoms with Gasteiger partial charge in [0, 0.05) is 12.1 Å². The van der Waals surface area contributed by atoms with Gasteiger partial charge in [-0.25, -0.2) is 9.78 Å². The highest BCUT2D eigenvalue weighted by atomic mass is 16.5. The highest BCUT2D eigenvalue weighted by Gasteiger charge is 2.15. The Balaban J connectivity index is 2.16. The van der Waals surface area contributed by atoms with Crippen LogP contribution in [-0.2, 0) is 11.2 Å². The van der Waals surface area contributed by atoms with Crippen LogP contribution in [0.5, 0.6) is 0 Å². The quantitative estimate of drug-likeness (QED) is 0.841. The number of esters is 1. The summed E-state index contributed by atoms with van der Waals surface area (Å²) in [5.74, 6) is 0.410. The summed E-state index contributed by atoms with van der Waals surface area (Å²) in [5, 5.41) is 0. The van der Waals surface area contributed by atoms with Crippen LogP contribution in [0.3, 0.4) is 0 Å².